The van der Waals surface area contributed by atoms with Crippen LogP contribution in [0.5, 0.6) is 0 Å². The highest BCUT2D eigenvalue weighted by Gasteiger charge is 2.42. The molecular formula is C12H15F2N3O. The molecule has 1 aromatic rings. The molecule has 0 aromatic carbocycles. The summed E-state index contributed by atoms with van der Waals surface area (Å²) in [5, 5.41) is 5.23. The highest BCUT2D eigenvalue weighted by atomic mass is 19.3. The molecule has 2 N–H and O–H groups in total. The maximum absolute atomic E-state index is 13.0. The molecule has 0 spiro atoms. The summed E-state index contributed by atoms with van der Waals surface area (Å²) < 4.78 is 25.9. The maximum Gasteiger partial charge on any atom is 0.262 e. The van der Waals surface area contributed by atoms with Gasteiger partial charge in [0.2, 0.25) is 5.91 Å². The Morgan fingerprint density at radius 3 is 3.00 bits per heavy atom. The summed E-state index contributed by atoms with van der Waals surface area (Å²) in [7, 11) is 0. The van der Waals surface area contributed by atoms with Gasteiger partial charge in [0.15, 0.2) is 0 Å². The van der Waals surface area contributed by atoms with Gasteiger partial charge in [-0.3, -0.25) is 15.1 Å². The minimum atomic E-state index is -2.79. The normalized spacial score (nSPS) is 23.6. The molecular weight excluding hydrogens is 240 g/mol. The average molecular weight is 255 g/mol. The molecule has 4 nitrogen and oxygen atoms in total. The van der Waals surface area contributed by atoms with Gasteiger partial charge in [0, 0.05) is 18.8 Å². The highest BCUT2D eigenvalue weighted by molar-refractivity contribution is 5.82. The van der Waals surface area contributed by atoms with Crippen molar-refractivity contribution in [2.24, 2.45) is 0 Å². The number of nitrogens with zero attached hydrogens (tertiary/aromatic N) is 1. The van der Waals surface area contributed by atoms with Crippen molar-refractivity contribution in [2.45, 2.75) is 31.4 Å². The van der Waals surface area contributed by atoms with E-state index in [1.165, 1.54) is 0 Å². The summed E-state index contributed by atoms with van der Waals surface area (Å²) in [6, 6.07) is 2.52. The van der Waals surface area contributed by atoms with Crippen molar-refractivity contribution in [2.75, 3.05) is 6.54 Å². The van der Waals surface area contributed by atoms with Gasteiger partial charge >= 0.3 is 0 Å². The predicted molar refractivity (Wildman–Crippen MR) is 62.1 cm³/mol. The van der Waals surface area contributed by atoms with E-state index in [0.29, 0.717) is 0 Å². The Hall–Kier alpha value is -1.56. The number of carbonyl (C=O) groups excluding carboxylic acids is 1. The topological polar surface area (TPSA) is 54.0 Å². The fraction of sp³-hybridized carbons (Fsp3) is 0.500. The molecule has 1 unspecified atom stereocenters. The summed E-state index contributed by atoms with van der Waals surface area (Å²) in [6.07, 6.45) is 2.83. The second-order valence-electron chi connectivity index (χ2n) is 4.51. The third-order valence-corrected chi connectivity index (χ3v) is 2.97. The molecule has 1 saturated heterocycles. The smallest absolute Gasteiger partial charge is 0.262 e. The third-order valence-electron chi connectivity index (χ3n) is 2.97. The number of aromatic nitrogens is 1. The van der Waals surface area contributed by atoms with Gasteiger partial charge in [0.05, 0.1) is 18.6 Å². The summed E-state index contributed by atoms with van der Waals surface area (Å²) in [5.41, 5.74) is 0.843. The minimum Gasteiger partial charge on any atom is -0.348 e. The van der Waals surface area contributed by atoms with E-state index in [-0.39, 0.29) is 6.04 Å². The Balaban J connectivity index is 1.92. The van der Waals surface area contributed by atoms with Crippen LogP contribution < -0.4 is 10.6 Å². The Bertz CT molecular complexity index is 425. The molecule has 0 aliphatic carbocycles. The lowest BCUT2D eigenvalue weighted by atomic mass is 10.1. The Morgan fingerprint density at radius 1 is 1.67 bits per heavy atom. The van der Waals surface area contributed by atoms with Gasteiger partial charge in [-0.25, -0.2) is 8.78 Å². The fourth-order valence-corrected chi connectivity index (χ4v) is 1.93. The molecule has 0 radical (unpaired) electrons. The van der Waals surface area contributed by atoms with E-state index >= 15 is 0 Å². The molecule has 2 heterocycles. The van der Waals surface area contributed by atoms with E-state index in [1.807, 2.05) is 6.07 Å². The lowest BCUT2D eigenvalue weighted by Crippen LogP contribution is -2.41. The second-order valence-corrected chi connectivity index (χ2v) is 4.51. The molecule has 18 heavy (non-hydrogen) atoms. The molecule has 1 fully saturated rings. The minimum absolute atomic E-state index is 0.248. The third kappa shape index (κ3) is 3.01. The molecule has 1 amide bonds. The number of halogens is 2. The first kappa shape index (κ1) is 12.9. The summed E-state index contributed by atoms with van der Waals surface area (Å²) >= 11 is 0. The number of carbonyl (C=O) groups is 1. The first-order chi connectivity index (χ1) is 8.48. The van der Waals surface area contributed by atoms with E-state index in [4.69, 9.17) is 0 Å². The number of rotatable bonds is 3. The van der Waals surface area contributed by atoms with E-state index < -0.39 is 30.8 Å². The number of nitrogens with one attached hydrogen (secondary N) is 2. The molecule has 98 valence electrons. The molecule has 2 atom stereocenters. The monoisotopic (exact) mass is 255 g/mol. The van der Waals surface area contributed by atoms with Crippen molar-refractivity contribution >= 4 is 5.91 Å². The van der Waals surface area contributed by atoms with Crippen molar-refractivity contribution in [1.82, 2.24) is 15.6 Å². The molecule has 6 heteroatoms. The molecule has 1 aromatic heterocycles. The van der Waals surface area contributed by atoms with Crippen molar-refractivity contribution < 1.29 is 13.6 Å². The molecule has 1 aliphatic rings. The van der Waals surface area contributed by atoms with Crippen LogP contribution in [0.25, 0.3) is 0 Å². The van der Waals surface area contributed by atoms with Gasteiger partial charge < -0.3 is 5.32 Å². The standard InChI is InChI=1S/C12H15F2N3O/c1-8(9-3-2-4-15-6-9)17-11(18)10-5-12(13,14)7-16-10/h2-4,6,8,10,16H,5,7H2,1H3,(H,17,18)/t8-,10?/m0/s1. The van der Waals surface area contributed by atoms with Gasteiger partial charge in [0.1, 0.15) is 0 Å². The average Bonchev–Trinajstić information content (AvgIpc) is 2.71. The zero-order chi connectivity index (χ0) is 13.2. The second kappa shape index (κ2) is 4.97. The number of alkyl halides is 2. The Kier molecular flexibility index (Phi) is 3.56. The number of hydrogen-bond donors (Lipinski definition) is 2. The number of pyridine rings is 1. The molecule has 0 bridgehead atoms. The predicted octanol–water partition coefficient (Wildman–Crippen LogP) is 1.26. The molecule has 2 rings (SSSR count). The van der Waals surface area contributed by atoms with Crippen molar-refractivity contribution in [3.8, 4) is 0 Å². The lowest BCUT2D eigenvalue weighted by molar-refractivity contribution is -0.124. The molecule has 0 saturated carbocycles. The van der Waals surface area contributed by atoms with Crippen LogP contribution in [0.1, 0.15) is 24.9 Å². The van der Waals surface area contributed by atoms with Gasteiger partial charge in [-0.15, -0.1) is 0 Å². The fourth-order valence-electron chi connectivity index (χ4n) is 1.93. The first-order valence-electron chi connectivity index (χ1n) is 5.79. The van der Waals surface area contributed by atoms with Crippen LogP contribution in [0, 0.1) is 0 Å². The van der Waals surface area contributed by atoms with E-state index in [1.54, 1.807) is 25.4 Å². The highest BCUT2D eigenvalue weighted by Crippen LogP contribution is 2.25. The van der Waals surface area contributed by atoms with Crippen LogP contribution >= 0.6 is 0 Å². The number of amides is 1. The van der Waals surface area contributed by atoms with Crippen LogP contribution in [-0.2, 0) is 4.79 Å². The largest absolute Gasteiger partial charge is 0.348 e. The van der Waals surface area contributed by atoms with Gasteiger partial charge in [-0.2, -0.15) is 0 Å². The van der Waals surface area contributed by atoms with Crippen molar-refractivity contribution in [1.29, 1.82) is 0 Å². The van der Waals surface area contributed by atoms with Crippen LogP contribution in [-0.4, -0.2) is 29.4 Å². The quantitative estimate of drug-likeness (QED) is 0.855. The zero-order valence-corrected chi connectivity index (χ0v) is 9.99. The Morgan fingerprint density at radius 2 is 2.44 bits per heavy atom. The van der Waals surface area contributed by atoms with Gasteiger partial charge in [0.25, 0.3) is 5.92 Å². The molecule has 1 aliphatic heterocycles. The van der Waals surface area contributed by atoms with E-state index in [0.717, 1.165) is 5.56 Å². The first-order valence-corrected chi connectivity index (χ1v) is 5.79. The van der Waals surface area contributed by atoms with Crippen LogP contribution in [0.3, 0.4) is 0 Å². The van der Waals surface area contributed by atoms with Crippen molar-refractivity contribution in [3.05, 3.63) is 30.1 Å². The van der Waals surface area contributed by atoms with E-state index in [9.17, 15) is 13.6 Å². The van der Waals surface area contributed by atoms with E-state index in [2.05, 4.69) is 15.6 Å². The van der Waals surface area contributed by atoms with Crippen LogP contribution in [0.15, 0.2) is 24.5 Å². The maximum atomic E-state index is 13.0. The van der Waals surface area contributed by atoms with Crippen LogP contribution in [0.2, 0.25) is 0 Å². The van der Waals surface area contributed by atoms with Crippen LogP contribution in [0.4, 0.5) is 8.78 Å². The lowest BCUT2D eigenvalue weighted by Gasteiger charge is -2.17. The summed E-state index contributed by atoms with van der Waals surface area (Å²) in [6.45, 7) is 1.36. The zero-order valence-electron chi connectivity index (χ0n) is 9.99. The summed E-state index contributed by atoms with van der Waals surface area (Å²) in [5.74, 6) is -3.19. The Labute approximate surface area is 104 Å². The number of hydrogen-bond acceptors (Lipinski definition) is 3. The SMILES string of the molecule is C[C@H](NC(=O)C1CC(F)(F)CN1)c1cccnc1. The van der Waals surface area contributed by atoms with Gasteiger partial charge in [-0.1, -0.05) is 6.07 Å². The van der Waals surface area contributed by atoms with Crippen molar-refractivity contribution in [3.63, 3.8) is 0 Å². The van der Waals surface area contributed by atoms with Gasteiger partial charge in [-0.05, 0) is 18.6 Å². The summed E-state index contributed by atoms with van der Waals surface area (Å²) in [4.78, 5) is 15.7.